The van der Waals surface area contributed by atoms with Crippen molar-refractivity contribution in [2.75, 3.05) is 19.6 Å². The maximum absolute atomic E-state index is 11.7. The van der Waals surface area contributed by atoms with E-state index in [-0.39, 0.29) is 17.6 Å². The lowest BCUT2D eigenvalue weighted by atomic mass is 9.82. The van der Waals surface area contributed by atoms with Gasteiger partial charge in [0.25, 0.3) is 0 Å². The third kappa shape index (κ3) is 4.09. The predicted octanol–water partition coefficient (Wildman–Crippen LogP) is 1.62. The molecular formula is C15H29N3O2. The van der Waals surface area contributed by atoms with E-state index in [2.05, 4.69) is 10.6 Å². The van der Waals surface area contributed by atoms with Gasteiger partial charge in [-0.3, -0.25) is 0 Å². The van der Waals surface area contributed by atoms with Gasteiger partial charge in [-0.2, -0.15) is 0 Å². The van der Waals surface area contributed by atoms with Crippen molar-refractivity contribution in [3.63, 3.8) is 0 Å². The highest BCUT2D eigenvalue weighted by molar-refractivity contribution is 5.67. The predicted molar refractivity (Wildman–Crippen MR) is 79.5 cm³/mol. The summed E-state index contributed by atoms with van der Waals surface area (Å²) in [6.45, 7) is 8.37. The monoisotopic (exact) mass is 283 g/mol. The van der Waals surface area contributed by atoms with Crippen molar-refractivity contribution in [3.05, 3.63) is 0 Å². The smallest absolute Gasteiger partial charge is 0.407 e. The topological polar surface area (TPSA) is 76.4 Å². The van der Waals surface area contributed by atoms with E-state index in [1.807, 2.05) is 20.8 Å². The summed E-state index contributed by atoms with van der Waals surface area (Å²) in [6, 6.07) is 0.172. The van der Waals surface area contributed by atoms with E-state index < -0.39 is 5.60 Å². The van der Waals surface area contributed by atoms with Gasteiger partial charge in [0.2, 0.25) is 0 Å². The molecule has 116 valence electrons. The molecule has 2 atom stereocenters. The first kappa shape index (κ1) is 15.6. The van der Waals surface area contributed by atoms with Crippen molar-refractivity contribution in [1.29, 1.82) is 0 Å². The summed E-state index contributed by atoms with van der Waals surface area (Å²) in [6.07, 6.45) is 4.29. The average molecular weight is 283 g/mol. The Morgan fingerprint density at radius 1 is 1.50 bits per heavy atom. The van der Waals surface area contributed by atoms with E-state index >= 15 is 0 Å². The number of nitrogens with one attached hydrogen (secondary N) is 2. The van der Waals surface area contributed by atoms with Crippen LogP contribution in [-0.4, -0.2) is 37.4 Å². The fourth-order valence-electron chi connectivity index (χ4n) is 3.04. The van der Waals surface area contributed by atoms with Gasteiger partial charge >= 0.3 is 6.09 Å². The van der Waals surface area contributed by atoms with Crippen molar-refractivity contribution in [1.82, 2.24) is 10.6 Å². The molecule has 5 nitrogen and oxygen atoms in total. The van der Waals surface area contributed by atoms with Gasteiger partial charge in [-0.1, -0.05) is 0 Å². The second-order valence-corrected chi connectivity index (χ2v) is 7.35. The minimum absolute atomic E-state index is 0.0978. The molecule has 2 aliphatic rings. The van der Waals surface area contributed by atoms with E-state index in [1.165, 1.54) is 12.8 Å². The fourth-order valence-corrected chi connectivity index (χ4v) is 3.04. The number of piperidine rings is 1. The molecule has 0 aromatic carbocycles. The van der Waals surface area contributed by atoms with E-state index in [0.717, 1.165) is 25.9 Å². The first-order chi connectivity index (χ1) is 9.32. The fraction of sp³-hybridized carbons (Fsp3) is 0.933. The second-order valence-electron chi connectivity index (χ2n) is 7.35. The second kappa shape index (κ2) is 5.90. The van der Waals surface area contributed by atoms with Crippen LogP contribution in [0.4, 0.5) is 4.79 Å². The third-order valence-corrected chi connectivity index (χ3v) is 4.43. The molecule has 2 unspecified atom stereocenters. The Kier molecular flexibility index (Phi) is 4.59. The Morgan fingerprint density at radius 2 is 2.20 bits per heavy atom. The largest absolute Gasteiger partial charge is 0.444 e. The van der Waals surface area contributed by atoms with Gasteiger partial charge in [0.05, 0.1) is 0 Å². The van der Waals surface area contributed by atoms with Crippen LogP contribution in [0.2, 0.25) is 0 Å². The molecule has 5 heteroatoms. The summed E-state index contributed by atoms with van der Waals surface area (Å²) in [5.41, 5.74) is 6.12. The SMILES string of the molecule is CC(C)(C)OC(=O)NCC1(C(N)C2CCCNC2)CC1. The molecule has 1 amide bonds. The number of ether oxygens (including phenoxy) is 1. The van der Waals surface area contributed by atoms with Crippen molar-refractivity contribution in [3.8, 4) is 0 Å². The Morgan fingerprint density at radius 3 is 2.70 bits per heavy atom. The zero-order chi connectivity index (χ0) is 14.8. The van der Waals surface area contributed by atoms with Crippen LogP contribution < -0.4 is 16.4 Å². The van der Waals surface area contributed by atoms with Gasteiger partial charge in [-0.15, -0.1) is 0 Å². The number of rotatable bonds is 4. The molecule has 20 heavy (non-hydrogen) atoms. The lowest BCUT2D eigenvalue weighted by Gasteiger charge is -2.34. The highest BCUT2D eigenvalue weighted by Crippen LogP contribution is 2.50. The third-order valence-electron chi connectivity index (χ3n) is 4.43. The van der Waals surface area contributed by atoms with Crippen LogP contribution in [0.1, 0.15) is 46.5 Å². The molecule has 0 aromatic rings. The van der Waals surface area contributed by atoms with Gasteiger partial charge in [-0.05, 0) is 65.5 Å². The summed E-state index contributed by atoms with van der Waals surface area (Å²) in [4.78, 5) is 11.7. The average Bonchev–Trinajstić information content (AvgIpc) is 3.16. The quantitative estimate of drug-likeness (QED) is 0.733. The Bertz CT molecular complexity index is 342. The molecule has 2 fully saturated rings. The number of amides is 1. The van der Waals surface area contributed by atoms with Gasteiger partial charge in [0.1, 0.15) is 5.60 Å². The zero-order valence-corrected chi connectivity index (χ0v) is 13.0. The lowest BCUT2D eigenvalue weighted by molar-refractivity contribution is 0.0509. The number of carbonyl (C=O) groups is 1. The molecule has 4 N–H and O–H groups in total. The van der Waals surface area contributed by atoms with Crippen molar-refractivity contribution >= 4 is 6.09 Å². The number of hydrogen-bond acceptors (Lipinski definition) is 4. The van der Waals surface area contributed by atoms with E-state index in [1.54, 1.807) is 0 Å². The van der Waals surface area contributed by atoms with Crippen molar-refractivity contribution in [2.24, 2.45) is 17.1 Å². The maximum Gasteiger partial charge on any atom is 0.407 e. The minimum atomic E-state index is -0.448. The molecule has 1 aliphatic heterocycles. The molecule has 1 saturated heterocycles. The van der Waals surface area contributed by atoms with Gasteiger partial charge in [0.15, 0.2) is 0 Å². The van der Waals surface area contributed by atoms with Crippen LogP contribution in [0.25, 0.3) is 0 Å². The van der Waals surface area contributed by atoms with Crippen LogP contribution in [0.5, 0.6) is 0 Å². The van der Waals surface area contributed by atoms with E-state index in [9.17, 15) is 4.79 Å². The van der Waals surface area contributed by atoms with Crippen molar-refractivity contribution in [2.45, 2.75) is 58.1 Å². The van der Waals surface area contributed by atoms with Crippen LogP contribution in [0, 0.1) is 11.3 Å². The maximum atomic E-state index is 11.7. The lowest BCUT2D eigenvalue weighted by Crippen LogP contribution is -2.50. The minimum Gasteiger partial charge on any atom is -0.444 e. The number of carbonyl (C=O) groups excluding carboxylic acids is 1. The van der Waals surface area contributed by atoms with Crippen LogP contribution in [0.15, 0.2) is 0 Å². The summed E-state index contributed by atoms with van der Waals surface area (Å²) in [5.74, 6) is 0.534. The van der Waals surface area contributed by atoms with Crippen LogP contribution >= 0.6 is 0 Å². The standard InChI is InChI=1S/C15H29N3O2/c1-14(2,3)20-13(19)18-10-15(6-7-15)12(16)11-5-4-8-17-9-11/h11-12,17H,4-10,16H2,1-3H3,(H,18,19). The molecule has 0 spiro atoms. The van der Waals surface area contributed by atoms with Gasteiger partial charge in [-0.25, -0.2) is 4.79 Å². The molecule has 0 aromatic heterocycles. The zero-order valence-electron chi connectivity index (χ0n) is 13.0. The molecule has 1 saturated carbocycles. The number of nitrogens with two attached hydrogens (primary N) is 1. The number of hydrogen-bond donors (Lipinski definition) is 3. The highest BCUT2D eigenvalue weighted by Gasteiger charge is 2.50. The molecule has 0 radical (unpaired) electrons. The Balaban J connectivity index is 1.80. The Labute approximate surface area is 122 Å². The summed E-state index contributed by atoms with van der Waals surface area (Å²) < 4.78 is 5.28. The molecule has 2 rings (SSSR count). The highest BCUT2D eigenvalue weighted by atomic mass is 16.6. The Hall–Kier alpha value is -0.810. The summed E-state index contributed by atoms with van der Waals surface area (Å²) in [7, 11) is 0. The summed E-state index contributed by atoms with van der Waals surface area (Å²) in [5, 5.41) is 6.32. The first-order valence-corrected chi connectivity index (χ1v) is 7.76. The van der Waals surface area contributed by atoms with E-state index in [4.69, 9.17) is 10.5 Å². The van der Waals surface area contributed by atoms with Crippen LogP contribution in [0.3, 0.4) is 0 Å². The van der Waals surface area contributed by atoms with E-state index in [0.29, 0.717) is 12.5 Å². The summed E-state index contributed by atoms with van der Waals surface area (Å²) >= 11 is 0. The molecule has 1 heterocycles. The molecular weight excluding hydrogens is 254 g/mol. The molecule has 0 bridgehead atoms. The molecule has 1 aliphatic carbocycles. The van der Waals surface area contributed by atoms with Gasteiger partial charge in [0, 0.05) is 18.0 Å². The normalized spacial score (nSPS) is 26.7. The first-order valence-electron chi connectivity index (χ1n) is 7.76. The van der Waals surface area contributed by atoms with Crippen molar-refractivity contribution < 1.29 is 9.53 Å². The van der Waals surface area contributed by atoms with Crippen LogP contribution in [-0.2, 0) is 4.74 Å². The number of alkyl carbamates (subject to hydrolysis) is 1. The van der Waals surface area contributed by atoms with Gasteiger partial charge < -0.3 is 21.1 Å².